The van der Waals surface area contributed by atoms with Gasteiger partial charge < -0.3 is 4.74 Å². The van der Waals surface area contributed by atoms with Gasteiger partial charge >= 0.3 is 17.7 Å². The van der Waals surface area contributed by atoms with Crippen molar-refractivity contribution in [2.45, 2.75) is 5.79 Å². The maximum absolute atomic E-state index is 10.2. The van der Waals surface area contributed by atoms with E-state index >= 15 is 0 Å². The Bertz CT molecular complexity index is 291. The number of carbonyl (C=O) groups excluding carboxylic acids is 1. The highest BCUT2D eigenvalue weighted by Crippen LogP contribution is 2.13. The van der Waals surface area contributed by atoms with Crippen LogP contribution in [0.1, 0.15) is 0 Å². The third-order valence-corrected chi connectivity index (χ3v) is 1.40. The second kappa shape index (κ2) is 4.50. The molecule has 0 radical (unpaired) electrons. The maximum atomic E-state index is 10.2. The zero-order valence-corrected chi connectivity index (χ0v) is 7.66. The number of nitrogens with zero attached hydrogens (tertiary/aromatic N) is 3. The van der Waals surface area contributed by atoms with Gasteiger partial charge in [0.2, 0.25) is 0 Å². The predicted octanol–water partition coefficient (Wildman–Crippen LogP) is -0.463. The van der Waals surface area contributed by atoms with Crippen molar-refractivity contribution in [3.8, 4) is 0 Å². The molecular formula is C3H3N3O8S. The number of hydrogen-bond donors (Lipinski definition) is 1. The van der Waals surface area contributed by atoms with Crippen molar-refractivity contribution in [2.75, 3.05) is 6.61 Å². The Morgan fingerprint density at radius 1 is 1.13 bits per heavy atom. The first-order valence-electron chi connectivity index (χ1n) is 3.04. The molecule has 15 heavy (non-hydrogen) atoms. The van der Waals surface area contributed by atoms with Crippen LogP contribution in [0.15, 0.2) is 0 Å². The highest BCUT2D eigenvalue weighted by atomic mass is 32.1. The fourth-order valence-corrected chi connectivity index (χ4v) is 0.581. The molecule has 0 aromatic rings. The van der Waals surface area contributed by atoms with Crippen molar-refractivity contribution in [1.82, 2.24) is 0 Å². The van der Waals surface area contributed by atoms with Gasteiger partial charge in [0.25, 0.3) is 0 Å². The third kappa shape index (κ3) is 2.49. The molecule has 0 saturated carbocycles. The number of hydrogen-bond acceptors (Lipinski definition) is 8. The van der Waals surface area contributed by atoms with Crippen molar-refractivity contribution in [3.63, 3.8) is 0 Å². The summed E-state index contributed by atoms with van der Waals surface area (Å²) < 4.78 is 3.79. The lowest BCUT2D eigenvalue weighted by molar-refractivity contribution is -0.970. The van der Waals surface area contributed by atoms with Gasteiger partial charge in [0.1, 0.15) is 0 Å². The fourth-order valence-electron chi connectivity index (χ4n) is 0.517. The molecule has 0 aromatic carbocycles. The van der Waals surface area contributed by atoms with Gasteiger partial charge in [-0.3, -0.25) is 30.3 Å². The van der Waals surface area contributed by atoms with E-state index in [1.807, 2.05) is 0 Å². The summed E-state index contributed by atoms with van der Waals surface area (Å²) in [6.07, 6.45) is 0. The molecule has 0 aliphatic carbocycles. The van der Waals surface area contributed by atoms with Crippen LogP contribution in [0.25, 0.3) is 0 Å². The Morgan fingerprint density at radius 2 is 1.47 bits per heavy atom. The van der Waals surface area contributed by atoms with E-state index in [2.05, 4.69) is 17.4 Å². The molecule has 0 rings (SSSR count). The maximum Gasteiger partial charge on any atom is 0.734 e. The summed E-state index contributed by atoms with van der Waals surface area (Å²) in [5.41, 5.74) is 0. The van der Waals surface area contributed by atoms with Gasteiger partial charge in [-0.15, -0.1) is 0 Å². The SMILES string of the molecule is O=C(S)OCC([N+](=O)[O-])([N+](=O)[O-])[N+](=O)[O-]. The second-order valence-electron chi connectivity index (χ2n) is 2.10. The van der Waals surface area contributed by atoms with Gasteiger partial charge in [-0.25, -0.2) is 4.79 Å². The fraction of sp³-hybridized carbons (Fsp3) is 0.667. The lowest BCUT2D eigenvalue weighted by Crippen LogP contribution is -2.56. The smallest absolute Gasteiger partial charge is 0.433 e. The van der Waals surface area contributed by atoms with E-state index in [0.29, 0.717) is 0 Å². The van der Waals surface area contributed by atoms with Gasteiger partial charge in [-0.2, -0.15) is 0 Å². The highest BCUT2D eigenvalue weighted by Gasteiger charge is 2.72. The Labute approximate surface area is 85.9 Å². The summed E-state index contributed by atoms with van der Waals surface area (Å²) in [5.74, 6) is -3.79. The standard InChI is InChI=1S/C3H3N3O8S/c7-2(15)14-1-3(4(8)9,5(10)11)6(12)13/h1H2,(H,7,15). The zero-order chi connectivity index (χ0) is 12.2. The summed E-state index contributed by atoms with van der Waals surface area (Å²) >= 11 is 2.99. The number of carbonyl (C=O) groups is 1. The molecule has 0 fully saturated rings. The largest absolute Gasteiger partial charge is 0.734 e. The molecule has 84 valence electrons. The first-order chi connectivity index (χ1) is 6.75. The quantitative estimate of drug-likeness (QED) is 0.222. The van der Waals surface area contributed by atoms with E-state index in [-0.39, 0.29) is 0 Å². The minimum absolute atomic E-state index is 1.40. The molecule has 0 aromatic heterocycles. The van der Waals surface area contributed by atoms with Crippen LogP contribution in [-0.2, 0) is 4.74 Å². The Balaban J connectivity index is 5.15. The number of thiol groups is 1. The van der Waals surface area contributed by atoms with Crippen molar-refractivity contribution < 1.29 is 24.3 Å². The van der Waals surface area contributed by atoms with Crippen LogP contribution in [0.2, 0.25) is 0 Å². The molecule has 0 bridgehead atoms. The Kier molecular flexibility index (Phi) is 3.90. The van der Waals surface area contributed by atoms with E-state index < -0.39 is 32.5 Å². The molecule has 0 spiro atoms. The van der Waals surface area contributed by atoms with Gasteiger partial charge in [0.15, 0.2) is 14.8 Å². The average molecular weight is 241 g/mol. The van der Waals surface area contributed by atoms with Crippen LogP contribution in [0.3, 0.4) is 0 Å². The molecule has 0 saturated heterocycles. The van der Waals surface area contributed by atoms with Crippen LogP contribution >= 0.6 is 12.6 Å². The van der Waals surface area contributed by atoms with Crippen LogP contribution in [0, 0.1) is 30.3 Å². The Hall–Kier alpha value is -1.98. The van der Waals surface area contributed by atoms with Gasteiger partial charge in [-0.1, -0.05) is 12.6 Å². The molecule has 0 heterocycles. The number of nitro groups is 3. The molecular weight excluding hydrogens is 238 g/mol. The summed E-state index contributed by atoms with van der Waals surface area (Å²) in [6, 6.07) is 0. The highest BCUT2D eigenvalue weighted by molar-refractivity contribution is 7.96. The first kappa shape index (κ1) is 13.0. The molecule has 0 N–H and O–H groups in total. The van der Waals surface area contributed by atoms with Gasteiger partial charge in [0.05, 0.1) is 0 Å². The summed E-state index contributed by atoms with van der Waals surface area (Å²) in [6.45, 7) is -1.64. The Morgan fingerprint density at radius 3 is 1.67 bits per heavy atom. The van der Waals surface area contributed by atoms with E-state index in [4.69, 9.17) is 0 Å². The number of ether oxygens (including phenoxy) is 1. The van der Waals surface area contributed by atoms with Gasteiger partial charge in [0, 0.05) is 0 Å². The minimum Gasteiger partial charge on any atom is -0.433 e. The molecule has 0 unspecified atom stereocenters. The van der Waals surface area contributed by atoms with Crippen molar-refractivity contribution >= 4 is 17.9 Å². The van der Waals surface area contributed by atoms with Crippen molar-refractivity contribution in [2.24, 2.45) is 0 Å². The number of rotatable bonds is 5. The van der Waals surface area contributed by atoms with E-state index in [1.54, 1.807) is 0 Å². The van der Waals surface area contributed by atoms with E-state index in [9.17, 15) is 35.1 Å². The van der Waals surface area contributed by atoms with E-state index in [0.717, 1.165) is 0 Å². The van der Waals surface area contributed by atoms with Crippen molar-refractivity contribution in [3.05, 3.63) is 30.3 Å². The normalized spacial score (nSPS) is 10.5. The lowest BCUT2D eigenvalue weighted by atomic mass is 10.4. The lowest BCUT2D eigenvalue weighted by Gasteiger charge is -2.07. The topological polar surface area (TPSA) is 156 Å². The zero-order valence-electron chi connectivity index (χ0n) is 6.76. The first-order valence-corrected chi connectivity index (χ1v) is 3.49. The van der Waals surface area contributed by atoms with Crippen LogP contribution in [-0.4, -0.2) is 32.5 Å². The average Bonchev–Trinajstić information content (AvgIpc) is 2.02. The summed E-state index contributed by atoms with van der Waals surface area (Å²) in [7, 11) is 0. The molecule has 12 heteroatoms. The molecule has 0 amide bonds. The molecule has 0 aliphatic rings. The molecule has 0 atom stereocenters. The molecule has 0 aliphatic heterocycles. The third-order valence-electron chi connectivity index (χ3n) is 1.27. The van der Waals surface area contributed by atoms with Crippen molar-refractivity contribution in [1.29, 1.82) is 0 Å². The van der Waals surface area contributed by atoms with Crippen LogP contribution in [0.5, 0.6) is 0 Å². The minimum atomic E-state index is -3.79. The van der Waals surface area contributed by atoms with Crippen LogP contribution < -0.4 is 0 Å². The van der Waals surface area contributed by atoms with Crippen LogP contribution in [0.4, 0.5) is 4.79 Å². The van der Waals surface area contributed by atoms with E-state index in [1.165, 1.54) is 0 Å². The predicted molar refractivity (Wildman–Crippen MR) is 44.0 cm³/mol. The monoisotopic (exact) mass is 241 g/mol. The van der Waals surface area contributed by atoms with Gasteiger partial charge in [-0.05, 0) is 0 Å². The summed E-state index contributed by atoms with van der Waals surface area (Å²) in [4.78, 5) is 35.5. The summed E-state index contributed by atoms with van der Waals surface area (Å²) in [5, 5.41) is 29.3. The molecule has 11 nitrogen and oxygen atoms in total. The second-order valence-corrected chi connectivity index (χ2v) is 2.47.